The summed E-state index contributed by atoms with van der Waals surface area (Å²) < 4.78 is 11.7. The van der Waals surface area contributed by atoms with Crippen LogP contribution in [0.3, 0.4) is 0 Å². The van der Waals surface area contributed by atoms with Gasteiger partial charge in [0, 0.05) is 26.2 Å². The van der Waals surface area contributed by atoms with Crippen molar-refractivity contribution in [3.63, 3.8) is 0 Å². The summed E-state index contributed by atoms with van der Waals surface area (Å²) in [6, 6.07) is 0. The Morgan fingerprint density at radius 3 is 2.60 bits per heavy atom. The smallest absolute Gasteiger partial charge is 0.410 e. The van der Waals surface area contributed by atoms with Crippen LogP contribution in [0, 0.1) is 0 Å². The van der Waals surface area contributed by atoms with Crippen LogP contribution >= 0.6 is 0 Å². The molecule has 2 heterocycles. The third-order valence-electron chi connectivity index (χ3n) is 4.02. The summed E-state index contributed by atoms with van der Waals surface area (Å²) in [5, 5.41) is 3.47. The Morgan fingerprint density at radius 1 is 1.40 bits per heavy atom. The van der Waals surface area contributed by atoms with Crippen LogP contribution in [0.25, 0.3) is 0 Å². The summed E-state index contributed by atoms with van der Waals surface area (Å²) >= 11 is 0. The quantitative estimate of drug-likeness (QED) is 0.801. The molecule has 2 rings (SSSR count). The average molecular weight is 284 g/mol. The first kappa shape index (κ1) is 15.6. The SMILES string of the molecule is CC[C@H]1CNCC2(CCN(C(=O)OC(C)(C)C)CC2)O1. The summed E-state index contributed by atoms with van der Waals surface area (Å²) in [6.07, 6.45) is 2.90. The zero-order valence-electron chi connectivity index (χ0n) is 13.2. The van der Waals surface area contributed by atoms with Crippen LogP contribution in [0.5, 0.6) is 0 Å². The molecule has 2 aliphatic heterocycles. The number of piperidine rings is 1. The topological polar surface area (TPSA) is 50.8 Å². The second-order valence-electron chi connectivity index (χ2n) is 6.93. The van der Waals surface area contributed by atoms with Gasteiger partial charge in [0.2, 0.25) is 0 Å². The van der Waals surface area contributed by atoms with Gasteiger partial charge in [-0.1, -0.05) is 6.92 Å². The van der Waals surface area contributed by atoms with Crippen molar-refractivity contribution in [2.24, 2.45) is 0 Å². The van der Waals surface area contributed by atoms with Gasteiger partial charge in [0.1, 0.15) is 5.60 Å². The van der Waals surface area contributed by atoms with E-state index in [2.05, 4.69) is 12.2 Å². The number of carbonyl (C=O) groups excluding carboxylic acids is 1. The van der Waals surface area contributed by atoms with Gasteiger partial charge < -0.3 is 19.7 Å². The van der Waals surface area contributed by atoms with Crippen LogP contribution in [-0.2, 0) is 9.47 Å². The molecule has 0 aromatic heterocycles. The van der Waals surface area contributed by atoms with E-state index >= 15 is 0 Å². The highest BCUT2D eigenvalue weighted by Gasteiger charge is 2.41. The number of nitrogens with one attached hydrogen (secondary N) is 1. The maximum absolute atomic E-state index is 12.1. The summed E-state index contributed by atoms with van der Waals surface area (Å²) in [5.74, 6) is 0. The number of rotatable bonds is 1. The number of morpholine rings is 1. The monoisotopic (exact) mass is 284 g/mol. The van der Waals surface area contributed by atoms with Crippen molar-refractivity contribution < 1.29 is 14.3 Å². The maximum atomic E-state index is 12.1. The lowest BCUT2D eigenvalue weighted by Crippen LogP contribution is -2.59. The lowest BCUT2D eigenvalue weighted by atomic mass is 9.89. The number of amides is 1. The largest absolute Gasteiger partial charge is 0.444 e. The zero-order chi connectivity index (χ0) is 14.8. The molecule has 0 aromatic rings. The minimum Gasteiger partial charge on any atom is -0.444 e. The van der Waals surface area contributed by atoms with Crippen LogP contribution in [0.2, 0.25) is 0 Å². The van der Waals surface area contributed by atoms with E-state index in [1.54, 1.807) is 4.90 Å². The Labute approximate surface area is 122 Å². The first-order chi connectivity index (χ1) is 9.34. The second-order valence-corrected chi connectivity index (χ2v) is 6.93. The first-order valence-corrected chi connectivity index (χ1v) is 7.70. The summed E-state index contributed by atoms with van der Waals surface area (Å²) in [7, 11) is 0. The van der Waals surface area contributed by atoms with Crippen molar-refractivity contribution in [3.8, 4) is 0 Å². The Hall–Kier alpha value is -0.810. The Kier molecular flexibility index (Phi) is 4.59. The van der Waals surface area contributed by atoms with Crippen molar-refractivity contribution in [1.82, 2.24) is 10.2 Å². The standard InChI is InChI=1S/C15H28N2O3/c1-5-12-10-16-11-15(19-12)6-8-17(9-7-15)13(18)20-14(2,3)4/h12,16H,5-11H2,1-4H3/t12-/m0/s1. The molecule has 5 heteroatoms. The Bertz CT molecular complexity index is 344. The van der Waals surface area contributed by atoms with Crippen LogP contribution in [0.4, 0.5) is 4.79 Å². The molecule has 2 aliphatic rings. The molecular weight excluding hydrogens is 256 g/mol. The number of nitrogens with zero attached hydrogens (tertiary/aromatic N) is 1. The molecule has 1 spiro atoms. The van der Waals surface area contributed by atoms with E-state index in [9.17, 15) is 4.79 Å². The second kappa shape index (κ2) is 5.90. The molecule has 0 aromatic carbocycles. The average Bonchev–Trinajstić information content (AvgIpc) is 2.37. The Balaban J connectivity index is 1.87. The van der Waals surface area contributed by atoms with Gasteiger partial charge in [-0.05, 0) is 40.0 Å². The molecular formula is C15H28N2O3. The molecule has 2 fully saturated rings. The van der Waals surface area contributed by atoms with Crippen LogP contribution in [-0.4, -0.2) is 54.5 Å². The van der Waals surface area contributed by atoms with E-state index in [-0.39, 0.29) is 11.7 Å². The van der Waals surface area contributed by atoms with Crippen LogP contribution in [0.15, 0.2) is 0 Å². The number of carbonyl (C=O) groups is 1. The van der Waals surface area contributed by atoms with Gasteiger partial charge in [0.05, 0.1) is 11.7 Å². The molecule has 1 N–H and O–H groups in total. The minimum absolute atomic E-state index is 0.0859. The van der Waals surface area contributed by atoms with Crippen molar-refractivity contribution >= 4 is 6.09 Å². The fraction of sp³-hybridized carbons (Fsp3) is 0.933. The third kappa shape index (κ3) is 3.85. The molecule has 0 bridgehead atoms. The fourth-order valence-corrected chi connectivity index (χ4v) is 2.84. The maximum Gasteiger partial charge on any atom is 0.410 e. The number of hydrogen-bond donors (Lipinski definition) is 1. The van der Waals surface area contributed by atoms with Gasteiger partial charge >= 0.3 is 6.09 Å². The molecule has 1 amide bonds. The van der Waals surface area contributed by atoms with Gasteiger partial charge in [0.15, 0.2) is 0 Å². The van der Waals surface area contributed by atoms with Crippen molar-refractivity contribution in [2.45, 2.75) is 64.3 Å². The van der Waals surface area contributed by atoms with E-state index in [0.29, 0.717) is 19.2 Å². The molecule has 20 heavy (non-hydrogen) atoms. The van der Waals surface area contributed by atoms with Crippen molar-refractivity contribution in [2.75, 3.05) is 26.2 Å². The summed E-state index contributed by atoms with van der Waals surface area (Å²) in [6.45, 7) is 11.1. The number of ether oxygens (including phenoxy) is 2. The number of hydrogen-bond acceptors (Lipinski definition) is 4. The zero-order valence-corrected chi connectivity index (χ0v) is 13.2. The number of likely N-dealkylation sites (tertiary alicyclic amines) is 1. The van der Waals surface area contributed by atoms with Gasteiger partial charge in [0.25, 0.3) is 0 Å². The van der Waals surface area contributed by atoms with Crippen molar-refractivity contribution in [3.05, 3.63) is 0 Å². The van der Waals surface area contributed by atoms with E-state index in [1.165, 1.54) is 0 Å². The first-order valence-electron chi connectivity index (χ1n) is 7.70. The normalized spacial score (nSPS) is 26.6. The van der Waals surface area contributed by atoms with Crippen LogP contribution in [0.1, 0.15) is 47.0 Å². The van der Waals surface area contributed by atoms with Crippen molar-refractivity contribution in [1.29, 1.82) is 0 Å². The highest BCUT2D eigenvalue weighted by Crippen LogP contribution is 2.30. The van der Waals surface area contributed by atoms with E-state index in [0.717, 1.165) is 32.4 Å². The molecule has 0 saturated carbocycles. The van der Waals surface area contributed by atoms with Gasteiger partial charge in [-0.25, -0.2) is 4.79 Å². The molecule has 1 atom stereocenters. The molecule has 2 saturated heterocycles. The summed E-state index contributed by atoms with van der Waals surface area (Å²) in [5.41, 5.74) is -0.514. The lowest BCUT2D eigenvalue weighted by Gasteiger charge is -2.46. The lowest BCUT2D eigenvalue weighted by molar-refractivity contribution is -0.141. The molecule has 0 aliphatic carbocycles. The molecule has 5 nitrogen and oxygen atoms in total. The molecule has 116 valence electrons. The predicted octanol–water partition coefficient (Wildman–Crippen LogP) is 2.15. The third-order valence-corrected chi connectivity index (χ3v) is 4.02. The van der Waals surface area contributed by atoms with Crippen LogP contribution < -0.4 is 5.32 Å². The van der Waals surface area contributed by atoms with E-state index < -0.39 is 5.60 Å². The van der Waals surface area contributed by atoms with E-state index in [1.807, 2.05) is 20.8 Å². The highest BCUT2D eigenvalue weighted by molar-refractivity contribution is 5.68. The minimum atomic E-state index is -0.428. The highest BCUT2D eigenvalue weighted by atomic mass is 16.6. The molecule has 0 unspecified atom stereocenters. The van der Waals surface area contributed by atoms with E-state index in [4.69, 9.17) is 9.47 Å². The van der Waals surface area contributed by atoms with Gasteiger partial charge in [-0.3, -0.25) is 0 Å². The van der Waals surface area contributed by atoms with Gasteiger partial charge in [-0.2, -0.15) is 0 Å². The Morgan fingerprint density at radius 2 is 2.05 bits per heavy atom. The predicted molar refractivity (Wildman–Crippen MR) is 77.8 cm³/mol. The summed E-state index contributed by atoms with van der Waals surface area (Å²) in [4.78, 5) is 13.9. The van der Waals surface area contributed by atoms with Gasteiger partial charge in [-0.15, -0.1) is 0 Å². The fourth-order valence-electron chi connectivity index (χ4n) is 2.84. The molecule has 0 radical (unpaired) electrons.